The van der Waals surface area contributed by atoms with Gasteiger partial charge < -0.3 is 5.32 Å². The minimum Gasteiger partial charge on any atom is -0.320 e. The molecule has 0 rings (SSSR count). The van der Waals surface area contributed by atoms with Gasteiger partial charge in [-0.3, -0.25) is 0 Å². The van der Waals surface area contributed by atoms with E-state index in [4.69, 9.17) is 0 Å². The maximum absolute atomic E-state index is 3.16. The van der Waals surface area contributed by atoms with Crippen LogP contribution in [0.15, 0.2) is 0 Å². The van der Waals surface area contributed by atoms with Crippen LogP contribution in [0.3, 0.4) is 0 Å². The summed E-state index contributed by atoms with van der Waals surface area (Å²) in [6.07, 6.45) is 25.4. The molecule has 2 heteroatoms. The van der Waals surface area contributed by atoms with Crippen LogP contribution in [-0.2, 0) is 0 Å². The Hall–Kier alpha value is 0.690. The van der Waals surface area contributed by atoms with E-state index in [1.165, 1.54) is 122 Å². The van der Waals surface area contributed by atoms with Crippen LogP contribution in [0.2, 0.25) is 0 Å². The molecule has 0 saturated carbocycles. The summed E-state index contributed by atoms with van der Waals surface area (Å²) in [6.45, 7) is 12.5. The number of nitrogens with one attached hydrogen (secondary N) is 1. The second-order valence-electron chi connectivity index (χ2n) is 7.70. The lowest BCUT2D eigenvalue weighted by Gasteiger charge is -1.98. The van der Waals surface area contributed by atoms with Gasteiger partial charge in [0.05, 0.1) is 0 Å². The summed E-state index contributed by atoms with van der Waals surface area (Å²) in [7, 11) is 2.02. The monoisotopic (exact) mass is 499 g/mol. The average Bonchev–Trinajstić information content (AvgIpc) is 2.66. The van der Waals surface area contributed by atoms with Gasteiger partial charge in [-0.05, 0) is 20.0 Å². The van der Waals surface area contributed by atoms with Gasteiger partial charge in [0.15, 0.2) is 0 Å². The van der Waals surface area contributed by atoms with Crippen LogP contribution in [0.1, 0.15) is 150 Å². The Balaban J connectivity index is -0.000000146. The summed E-state index contributed by atoms with van der Waals surface area (Å²) >= 11 is 0. The molecule has 0 atom stereocenters. The molecule has 0 saturated heterocycles. The second-order valence-corrected chi connectivity index (χ2v) is 7.70. The maximum Gasteiger partial charge on any atom is -0.00519 e. The molecular formula is C25H58IN. The molecule has 0 amide bonds. The van der Waals surface area contributed by atoms with Gasteiger partial charge in [0, 0.05) is 0 Å². The molecule has 0 aliphatic carbocycles. The normalized spacial score (nSPS) is 9.56. The molecule has 0 bridgehead atoms. The molecule has 0 spiro atoms. The van der Waals surface area contributed by atoms with Crippen LogP contribution in [0.5, 0.6) is 0 Å². The molecule has 0 heterocycles. The predicted octanol–water partition coefficient (Wildman–Crippen LogP) is 9.92. The fourth-order valence-electron chi connectivity index (χ4n) is 2.79. The van der Waals surface area contributed by atoms with Gasteiger partial charge in [-0.2, -0.15) is 0 Å². The number of halogens is 1. The van der Waals surface area contributed by atoms with Gasteiger partial charge in [0.2, 0.25) is 0 Å². The average molecular weight is 500 g/mol. The standard InChI is InChI=1S/C9H21N.2C8H18.HI/c1-3-4-5-6-7-8-9-10-2;2*1-3-5-7-8-6-4-2;/h10H,3-9H2,1-2H3;2*3-8H2,1-2H3;1H. The van der Waals surface area contributed by atoms with Crippen molar-refractivity contribution in [3.05, 3.63) is 0 Å². The zero-order valence-electron chi connectivity index (χ0n) is 20.3. The molecule has 0 aromatic rings. The lowest BCUT2D eigenvalue weighted by Crippen LogP contribution is -2.06. The van der Waals surface area contributed by atoms with Gasteiger partial charge in [0.1, 0.15) is 0 Å². The van der Waals surface area contributed by atoms with Crippen molar-refractivity contribution in [2.45, 2.75) is 150 Å². The first-order valence-corrected chi connectivity index (χ1v) is 12.4. The molecule has 1 N–H and O–H groups in total. The Labute approximate surface area is 192 Å². The van der Waals surface area contributed by atoms with E-state index in [-0.39, 0.29) is 24.0 Å². The van der Waals surface area contributed by atoms with Crippen molar-refractivity contribution >= 4 is 24.0 Å². The highest BCUT2D eigenvalue weighted by Gasteiger charge is 1.87. The minimum atomic E-state index is 0. The maximum atomic E-state index is 3.16. The van der Waals surface area contributed by atoms with Gasteiger partial charge >= 0.3 is 0 Å². The molecule has 0 aromatic carbocycles. The third kappa shape index (κ3) is 52.0. The highest BCUT2D eigenvalue weighted by molar-refractivity contribution is 14.0. The van der Waals surface area contributed by atoms with Crippen molar-refractivity contribution < 1.29 is 0 Å². The number of unbranched alkanes of at least 4 members (excludes halogenated alkanes) is 15. The van der Waals surface area contributed by atoms with E-state index in [1.54, 1.807) is 0 Å². The molecule has 0 aliphatic heterocycles. The molecule has 0 aliphatic rings. The van der Waals surface area contributed by atoms with Crippen molar-refractivity contribution in [3.8, 4) is 0 Å². The first-order chi connectivity index (χ1) is 12.7. The zero-order valence-corrected chi connectivity index (χ0v) is 22.7. The summed E-state index contributed by atoms with van der Waals surface area (Å²) in [5.41, 5.74) is 0. The fraction of sp³-hybridized carbons (Fsp3) is 1.00. The van der Waals surface area contributed by atoms with E-state index in [9.17, 15) is 0 Å². The van der Waals surface area contributed by atoms with E-state index in [0.717, 1.165) is 0 Å². The van der Waals surface area contributed by atoms with Gasteiger partial charge in [0.25, 0.3) is 0 Å². The van der Waals surface area contributed by atoms with Crippen molar-refractivity contribution in [2.24, 2.45) is 0 Å². The largest absolute Gasteiger partial charge is 0.320 e. The molecule has 0 unspecified atom stereocenters. The first kappa shape index (κ1) is 35.1. The first-order valence-electron chi connectivity index (χ1n) is 12.4. The highest BCUT2D eigenvalue weighted by atomic mass is 127. The van der Waals surface area contributed by atoms with Crippen molar-refractivity contribution in [1.82, 2.24) is 5.32 Å². The Morgan fingerprint density at radius 1 is 0.370 bits per heavy atom. The third-order valence-corrected chi connectivity index (χ3v) is 4.69. The van der Waals surface area contributed by atoms with Crippen LogP contribution in [-0.4, -0.2) is 13.6 Å². The summed E-state index contributed by atoms with van der Waals surface area (Å²) in [5.74, 6) is 0. The Morgan fingerprint density at radius 2 is 0.593 bits per heavy atom. The van der Waals surface area contributed by atoms with Crippen LogP contribution in [0.4, 0.5) is 0 Å². The van der Waals surface area contributed by atoms with Crippen molar-refractivity contribution in [3.63, 3.8) is 0 Å². The number of hydrogen-bond donors (Lipinski definition) is 1. The zero-order chi connectivity index (χ0) is 20.1. The lowest BCUT2D eigenvalue weighted by molar-refractivity contribution is 0.592. The number of hydrogen-bond acceptors (Lipinski definition) is 1. The number of rotatable bonds is 17. The van der Waals surface area contributed by atoms with Crippen LogP contribution < -0.4 is 5.32 Å². The molecule has 170 valence electrons. The lowest BCUT2D eigenvalue weighted by atomic mass is 10.1. The second kappa shape index (κ2) is 41.1. The summed E-state index contributed by atoms with van der Waals surface area (Å²) < 4.78 is 0. The molecule has 0 aromatic heterocycles. The fourth-order valence-corrected chi connectivity index (χ4v) is 2.79. The molecule has 27 heavy (non-hydrogen) atoms. The molecule has 1 nitrogen and oxygen atoms in total. The Bertz CT molecular complexity index is 153. The topological polar surface area (TPSA) is 12.0 Å². The van der Waals surface area contributed by atoms with Crippen LogP contribution >= 0.6 is 24.0 Å². The summed E-state index contributed by atoms with van der Waals surface area (Å²) in [4.78, 5) is 0. The SMILES string of the molecule is CCCCCCCC.CCCCCCCC.CCCCCCCCNC.I. The van der Waals surface area contributed by atoms with E-state index in [2.05, 4.69) is 39.9 Å². The molecular weight excluding hydrogens is 441 g/mol. The quantitative estimate of drug-likeness (QED) is 0.155. The van der Waals surface area contributed by atoms with E-state index in [0.29, 0.717) is 0 Å². The van der Waals surface area contributed by atoms with E-state index in [1.807, 2.05) is 7.05 Å². The molecule has 0 radical (unpaired) electrons. The molecule has 0 fully saturated rings. The Kier molecular flexibility index (Phi) is 53.6. The van der Waals surface area contributed by atoms with Gasteiger partial charge in [-0.15, -0.1) is 24.0 Å². The van der Waals surface area contributed by atoms with Gasteiger partial charge in [-0.1, -0.05) is 144 Å². The van der Waals surface area contributed by atoms with E-state index >= 15 is 0 Å². The summed E-state index contributed by atoms with van der Waals surface area (Å²) in [5, 5.41) is 3.16. The van der Waals surface area contributed by atoms with E-state index < -0.39 is 0 Å². The Morgan fingerprint density at radius 3 is 0.815 bits per heavy atom. The van der Waals surface area contributed by atoms with Crippen molar-refractivity contribution in [1.29, 1.82) is 0 Å². The minimum absolute atomic E-state index is 0. The smallest absolute Gasteiger partial charge is 0.00519 e. The highest BCUT2D eigenvalue weighted by Crippen LogP contribution is 2.04. The predicted molar refractivity (Wildman–Crippen MR) is 141 cm³/mol. The van der Waals surface area contributed by atoms with Crippen molar-refractivity contribution in [2.75, 3.05) is 13.6 Å². The summed E-state index contributed by atoms with van der Waals surface area (Å²) in [6, 6.07) is 0. The van der Waals surface area contributed by atoms with Crippen LogP contribution in [0.25, 0.3) is 0 Å². The van der Waals surface area contributed by atoms with Crippen LogP contribution in [0, 0.1) is 0 Å². The van der Waals surface area contributed by atoms with Gasteiger partial charge in [-0.25, -0.2) is 0 Å². The third-order valence-electron chi connectivity index (χ3n) is 4.69.